The molecule has 2 N–H and O–H groups in total. The van der Waals surface area contributed by atoms with E-state index in [1.54, 1.807) is 19.4 Å². The highest BCUT2D eigenvalue weighted by Crippen LogP contribution is 2.17. The molecule has 0 aromatic carbocycles. The number of halogens is 1. The SMILES string of the molecule is COCc1ncc(N)cc1Br. The number of nitrogens with two attached hydrogens (primary N) is 1. The molecule has 1 aromatic heterocycles. The predicted octanol–water partition coefficient (Wildman–Crippen LogP) is 1.57. The lowest BCUT2D eigenvalue weighted by atomic mass is 10.3. The normalized spacial score (nSPS) is 10.0. The molecule has 0 aliphatic rings. The summed E-state index contributed by atoms with van der Waals surface area (Å²) < 4.78 is 5.80. The molecule has 0 unspecified atom stereocenters. The van der Waals surface area contributed by atoms with Gasteiger partial charge in [0, 0.05) is 11.6 Å². The van der Waals surface area contributed by atoms with Crippen molar-refractivity contribution in [3.63, 3.8) is 0 Å². The summed E-state index contributed by atoms with van der Waals surface area (Å²) in [5.41, 5.74) is 7.00. The number of hydrogen-bond acceptors (Lipinski definition) is 3. The number of methoxy groups -OCH3 is 1. The molecular formula is C7H9BrN2O. The van der Waals surface area contributed by atoms with Crippen LogP contribution in [0.3, 0.4) is 0 Å². The topological polar surface area (TPSA) is 48.1 Å². The average Bonchev–Trinajstić information content (AvgIpc) is 1.95. The van der Waals surface area contributed by atoms with E-state index in [2.05, 4.69) is 20.9 Å². The monoisotopic (exact) mass is 216 g/mol. The lowest BCUT2D eigenvalue weighted by Gasteiger charge is -2.01. The van der Waals surface area contributed by atoms with Crippen molar-refractivity contribution < 1.29 is 4.74 Å². The van der Waals surface area contributed by atoms with Crippen molar-refractivity contribution in [1.29, 1.82) is 0 Å². The molecule has 0 fully saturated rings. The van der Waals surface area contributed by atoms with E-state index in [4.69, 9.17) is 10.5 Å². The summed E-state index contributed by atoms with van der Waals surface area (Å²) in [7, 11) is 1.63. The van der Waals surface area contributed by atoms with Crippen molar-refractivity contribution >= 4 is 21.6 Å². The number of rotatable bonds is 2. The van der Waals surface area contributed by atoms with E-state index < -0.39 is 0 Å². The second-order valence-electron chi connectivity index (χ2n) is 2.13. The highest BCUT2D eigenvalue weighted by Gasteiger charge is 1.99. The number of hydrogen-bond donors (Lipinski definition) is 1. The van der Waals surface area contributed by atoms with Gasteiger partial charge in [-0.2, -0.15) is 0 Å². The second-order valence-corrected chi connectivity index (χ2v) is 2.98. The quantitative estimate of drug-likeness (QED) is 0.817. The maximum Gasteiger partial charge on any atom is 0.0895 e. The Labute approximate surface area is 73.7 Å². The van der Waals surface area contributed by atoms with E-state index in [0.717, 1.165) is 10.2 Å². The molecular weight excluding hydrogens is 208 g/mol. The van der Waals surface area contributed by atoms with E-state index >= 15 is 0 Å². The summed E-state index contributed by atoms with van der Waals surface area (Å²) in [6, 6.07) is 1.81. The summed E-state index contributed by atoms with van der Waals surface area (Å²) >= 11 is 3.33. The zero-order valence-electron chi connectivity index (χ0n) is 6.17. The molecule has 0 spiro atoms. The molecule has 4 heteroatoms. The summed E-state index contributed by atoms with van der Waals surface area (Å²) in [6.07, 6.45) is 1.61. The van der Waals surface area contributed by atoms with Gasteiger partial charge >= 0.3 is 0 Å². The van der Waals surface area contributed by atoms with Gasteiger partial charge in [0.2, 0.25) is 0 Å². The van der Waals surface area contributed by atoms with Crippen molar-refractivity contribution in [3.8, 4) is 0 Å². The first-order valence-electron chi connectivity index (χ1n) is 3.13. The zero-order chi connectivity index (χ0) is 8.27. The molecule has 0 atom stereocenters. The summed E-state index contributed by atoms with van der Waals surface area (Å²) in [5.74, 6) is 0. The maximum absolute atomic E-state index is 5.49. The van der Waals surface area contributed by atoms with Crippen molar-refractivity contribution in [2.45, 2.75) is 6.61 Å². The molecule has 1 rings (SSSR count). The van der Waals surface area contributed by atoms with Gasteiger partial charge in [-0.25, -0.2) is 0 Å². The van der Waals surface area contributed by atoms with Gasteiger partial charge in [-0.3, -0.25) is 4.98 Å². The van der Waals surface area contributed by atoms with Crippen LogP contribution >= 0.6 is 15.9 Å². The van der Waals surface area contributed by atoms with Crippen LogP contribution in [0.1, 0.15) is 5.69 Å². The third-order valence-electron chi connectivity index (χ3n) is 1.22. The fourth-order valence-corrected chi connectivity index (χ4v) is 1.21. The molecule has 0 aliphatic carbocycles. The molecule has 1 aromatic rings. The van der Waals surface area contributed by atoms with Crippen molar-refractivity contribution in [1.82, 2.24) is 4.98 Å². The first-order valence-corrected chi connectivity index (χ1v) is 3.92. The van der Waals surface area contributed by atoms with Crippen LogP contribution in [0, 0.1) is 0 Å². The fourth-order valence-electron chi connectivity index (χ4n) is 0.724. The molecule has 0 bridgehead atoms. The molecule has 11 heavy (non-hydrogen) atoms. The Kier molecular flexibility index (Phi) is 2.84. The van der Waals surface area contributed by atoms with Gasteiger partial charge in [0.15, 0.2) is 0 Å². The van der Waals surface area contributed by atoms with Gasteiger partial charge in [-0.15, -0.1) is 0 Å². The van der Waals surface area contributed by atoms with Crippen molar-refractivity contribution in [3.05, 3.63) is 22.4 Å². The summed E-state index contributed by atoms with van der Waals surface area (Å²) in [6.45, 7) is 0.501. The molecule has 60 valence electrons. The highest BCUT2D eigenvalue weighted by atomic mass is 79.9. The lowest BCUT2D eigenvalue weighted by molar-refractivity contribution is 0.181. The van der Waals surface area contributed by atoms with Crippen LogP contribution in [-0.4, -0.2) is 12.1 Å². The van der Waals surface area contributed by atoms with E-state index in [1.807, 2.05) is 0 Å². The van der Waals surface area contributed by atoms with Crippen LogP contribution in [-0.2, 0) is 11.3 Å². The minimum atomic E-state index is 0.501. The van der Waals surface area contributed by atoms with E-state index in [9.17, 15) is 0 Å². The maximum atomic E-state index is 5.49. The lowest BCUT2D eigenvalue weighted by Crippen LogP contribution is -1.95. The molecule has 0 saturated heterocycles. The van der Waals surface area contributed by atoms with Gasteiger partial charge in [0.25, 0.3) is 0 Å². The highest BCUT2D eigenvalue weighted by molar-refractivity contribution is 9.10. The van der Waals surface area contributed by atoms with Crippen molar-refractivity contribution in [2.24, 2.45) is 0 Å². The zero-order valence-corrected chi connectivity index (χ0v) is 7.76. The number of ether oxygens (including phenoxy) is 1. The number of pyridine rings is 1. The van der Waals surface area contributed by atoms with Crippen LogP contribution in [0.25, 0.3) is 0 Å². The predicted molar refractivity (Wildman–Crippen MR) is 47.1 cm³/mol. The Morgan fingerprint density at radius 1 is 1.73 bits per heavy atom. The van der Waals surface area contributed by atoms with Crippen molar-refractivity contribution in [2.75, 3.05) is 12.8 Å². The van der Waals surface area contributed by atoms with E-state index in [-0.39, 0.29) is 0 Å². The number of aromatic nitrogens is 1. The second kappa shape index (κ2) is 3.69. The first-order chi connectivity index (χ1) is 5.24. The first kappa shape index (κ1) is 8.49. The van der Waals surface area contributed by atoms with Gasteiger partial charge in [0.1, 0.15) is 0 Å². The van der Waals surface area contributed by atoms with Crippen LogP contribution < -0.4 is 5.73 Å². The Morgan fingerprint density at radius 3 is 3.00 bits per heavy atom. The van der Waals surface area contributed by atoms with Gasteiger partial charge in [-0.05, 0) is 22.0 Å². The molecule has 0 amide bonds. The van der Waals surface area contributed by atoms with E-state index in [0.29, 0.717) is 12.3 Å². The van der Waals surface area contributed by atoms with Crippen LogP contribution in [0.5, 0.6) is 0 Å². The average molecular weight is 217 g/mol. The fraction of sp³-hybridized carbons (Fsp3) is 0.286. The minimum absolute atomic E-state index is 0.501. The summed E-state index contributed by atoms with van der Waals surface area (Å²) in [5, 5.41) is 0. The smallest absolute Gasteiger partial charge is 0.0895 e. The van der Waals surface area contributed by atoms with E-state index in [1.165, 1.54) is 0 Å². The third-order valence-corrected chi connectivity index (χ3v) is 1.91. The third kappa shape index (κ3) is 2.17. The minimum Gasteiger partial charge on any atom is -0.397 e. The van der Waals surface area contributed by atoms with Gasteiger partial charge in [-0.1, -0.05) is 0 Å². The Balaban J connectivity index is 2.90. The molecule has 0 radical (unpaired) electrons. The van der Waals surface area contributed by atoms with Crippen LogP contribution in [0.2, 0.25) is 0 Å². The van der Waals surface area contributed by atoms with Gasteiger partial charge < -0.3 is 10.5 Å². The van der Waals surface area contributed by atoms with Crippen LogP contribution in [0.4, 0.5) is 5.69 Å². The number of nitrogen functional groups attached to an aromatic ring is 1. The standard InChI is InChI=1S/C7H9BrN2O/c1-11-4-7-6(8)2-5(9)3-10-7/h2-3H,4,9H2,1H3. The Hall–Kier alpha value is -0.610. The van der Waals surface area contributed by atoms with Gasteiger partial charge in [0.05, 0.1) is 24.2 Å². The van der Waals surface area contributed by atoms with Crippen LogP contribution in [0.15, 0.2) is 16.7 Å². The Bertz CT molecular complexity index is 252. The number of anilines is 1. The molecule has 0 saturated carbocycles. The number of nitrogens with zero attached hydrogens (tertiary/aromatic N) is 1. The Morgan fingerprint density at radius 2 is 2.45 bits per heavy atom. The summed E-state index contributed by atoms with van der Waals surface area (Å²) in [4.78, 5) is 4.07. The molecule has 3 nitrogen and oxygen atoms in total. The largest absolute Gasteiger partial charge is 0.397 e. The molecule has 1 heterocycles. The molecule has 0 aliphatic heterocycles.